The first-order valence-electron chi connectivity index (χ1n) is 8.39. The molecule has 3 rings (SSSR count). The number of pyridine rings is 1. The second-order valence-electron chi connectivity index (χ2n) is 6.41. The number of anilines is 1. The smallest absolute Gasteiger partial charge is 0.251 e. The van der Waals surface area contributed by atoms with Crippen molar-refractivity contribution >= 4 is 22.5 Å². The van der Waals surface area contributed by atoms with Gasteiger partial charge in [-0.1, -0.05) is 17.7 Å². The lowest BCUT2D eigenvalue weighted by Gasteiger charge is -2.08. The predicted octanol–water partition coefficient (Wildman–Crippen LogP) is 3.59. The molecule has 0 spiro atoms. The van der Waals surface area contributed by atoms with Crippen LogP contribution >= 0.6 is 0 Å². The highest BCUT2D eigenvalue weighted by Gasteiger charge is 2.09. The molecular weight excluding hydrogens is 326 g/mol. The molecule has 0 atom stereocenters. The number of hydrogen-bond acceptors (Lipinski definition) is 3. The SMILES string of the molecule is Cc1cc(C)c2[nH]c(=O)c(CCC(=O)Nc3cccc(C#N)c3)cc2c1. The summed E-state index contributed by atoms with van der Waals surface area (Å²) in [5.41, 5.74) is 4.48. The van der Waals surface area contributed by atoms with Crippen LogP contribution in [0.1, 0.15) is 28.7 Å². The van der Waals surface area contributed by atoms with Gasteiger partial charge in [0.2, 0.25) is 5.91 Å². The molecule has 5 heteroatoms. The molecule has 26 heavy (non-hydrogen) atoms. The second-order valence-corrected chi connectivity index (χ2v) is 6.41. The van der Waals surface area contributed by atoms with Crippen LogP contribution < -0.4 is 10.9 Å². The first kappa shape index (κ1) is 17.4. The number of fused-ring (bicyclic) bond motifs is 1. The van der Waals surface area contributed by atoms with E-state index >= 15 is 0 Å². The van der Waals surface area contributed by atoms with Gasteiger partial charge in [-0.15, -0.1) is 0 Å². The average molecular weight is 345 g/mol. The van der Waals surface area contributed by atoms with E-state index in [1.54, 1.807) is 24.3 Å². The Labute approximate surface area is 151 Å². The van der Waals surface area contributed by atoms with Gasteiger partial charge >= 0.3 is 0 Å². The summed E-state index contributed by atoms with van der Waals surface area (Å²) >= 11 is 0. The number of nitrogens with zero attached hydrogens (tertiary/aromatic N) is 1. The van der Waals surface area contributed by atoms with Crippen molar-refractivity contribution in [2.45, 2.75) is 26.7 Å². The lowest BCUT2D eigenvalue weighted by Crippen LogP contribution is -2.17. The van der Waals surface area contributed by atoms with Gasteiger partial charge in [-0.05, 0) is 61.5 Å². The van der Waals surface area contributed by atoms with Crippen molar-refractivity contribution < 1.29 is 4.79 Å². The normalized spacial score (nSPS) is 10.5. The zero-order chi connectivity index (χ0) is 18.7. The Morgan fingerprint density at radius 1 is 1.19 bits per heavy atom. The Morgan fingerprint density at radius 3 is 2.77 bits per heavy atom. The lowest BCUT2D eigenvalue weighted by molar-refractivity contribution is -0.116. The fraction of sp³-hybridized carbons (Fsp3) is 0.190. The number of carbonyl (C=O) groups is 1. The molecule has 0 fully saturated rings. The van der Waals surface area contributed by atoms with Crippen LogP contribution in [0.4, 0.5) is 5.69 Å². The van der Waals surface area contributed by atoms with Gasteiger partial charge in [0, 0.05) is 17.7 Å². The third-order valence-corrected chi connectivity index (χ3v) is 4.27. The van der Waals surface area contributed by atoms with Gasteiger partial charge in [0.05, 0.1) is 17.1 Å². The number of nitriles is 1. The molecule has 0 bridgehead atoms. The Balaban J connectivity index is 1.75. The molecule has 0 saturated heterocycles. The number of carbonyl (C=O) groups excluding carboxylic acids is 1. The molecular formula is C21H19N3O2. The van der Waals surface area contributed by atoms with E-state index in [0.29, 0.717) is 23.2 Å². The largest absolute Gasteiger partial charge is 0.326 e. The van der Waals surface area contributed by atoms with Gasteiger partial charge in [-0.3, -0.25) is 9.59 Å². The maximum Gasteiger partial charge on any atom is 0.251 e. The van der Waals surface area contributed by atoms with Crippen molar-refractivity contribution in [3.05, 3.63) is 75.1 Å². The Bertz CT molecular complexity index is 1090. The van der Waals surface area contributed by atoms with Crippen molar-refractivity contribution in [1.29, 1.82) is 5.26 Å². The molecule has 0 radical (unpaired) electrons. The first-order valence-corrected chi connectivity index (χ1v) is 8.39. The standard InChI is InChI=1S/C21H19N3O2/c1-13-8-14(2)20-17(9-13)11-16(21(26)24-20)6-7-19(25)23-18-5-3-4-15(10-18)12-22/h3-5,8-11H,6-7H2,1-2H3,(H,23,25)(H,24,26). The highest BCUT2D eigenvalue weighted by molar-refractivity contribution is 5.91. The third kappa shape index (κ3) is 3.81. The third-order valence-electron chi connectivity index (χ3n) is 4.27. The van der Waals surface area contributed by atoms with E-state index in [0.717, 1.165) is 22.0 Å². The summed E-state index contributed by atoms with van der Waals surface area (Å²) in [6.45, 7) is 3.98. The monoisotopic (exact) mass is 345 g/mol. The van der Waals surface area contributed by atoms with Gasteiger partial charge in [0.25, 0.3) is 5.56 Å². The summed E-state index contributed by atoms with van der Waals surface area (Å²) in [6, 6.07) is 14.7. The van der Waals surface area contributed by atoms with Crippen LogP contribution in [-0.4, -0.2) is 10.9 Å². The minimum absolute atomic E-state index is 0.163. The number of rotatable bonds is 4. The van der Waals surface area contributed by atoms with Crippen LogP contribution in [-0.2, 0) is 11.2 Å². The number of aromatic nitrogens is 1. The fourth-order valence-corrected chi connectivity index (χ4v) is 3.06. The van der Waals surface area contributed by atoms with Crippen molar-refractivity contribution in [2.75, 3.05) is 5.32 Å². The zero-order valence-electron chi connectivity index (χ0n) is 14.7. The molecule has 0 aliphatic heterocycles. The quantitative estimate of drug-likeness (QED) is 0.758. The summed E-state index contributed by atoms with van der Waals surface area (Å²) in [6.07, 6.45) is 0.540. The molecule has 0 aliphatic rings. The van der Waals surface area contributed by atoms with Crippen LogP contribution in [0.3, 0.4) is 0 Å². The fourth-order valence-electron chi connectivity index (χ4n) is 3.06. The first-order chi connectivity index (χ1) is 12.5. The minimum Gasteiger partial charge on any atom is -0.326 e. The molecule has 0 aliphatic carbocycles. The molecule has 0 saturated carbocycles. The predicted molar refractivity (Wildman–Crippen MR) is 102 cm³/mol. The van der Waals surface area contributed by atoms with Crippen LogP contribution in [0.25, 0.3) is 10.9 Å². The molecule has 1 amide bonds. The average Bonchev–Trinajstić information content (AvgIpc) is 2.61. The van der Waals surface area contributed by atoms with Crippen molar-refractivity contribution in [3.63, 3.8) is 0 Å². The van der Waals surface area contributed by atoms with Crippen LogP contribution in [0, 0.1) is 25.2 Å². The number of aromatic amines is 1. The Morgan fingerprint density at radius 2 is 2.00 bits per heavy atom. The number of benzene rings is 2. The maximum absolute atomic E-state index is 12.3. The zero-order valence-corrected chi connectivity index (χ0v) is 14.7. The minimum atomic E-state index is -0.194. The van der Waals surface area contributed by atoms with Crippen LogP contribution in [0.5, 0.6) is 0 Å². The molecule has 2 aromatic carbocycles. The molecule has 130 valence electrons. The topological polar surface area (TPSA) is 85.8 Å². The van der Waals surface area contributed by atoms with E-state index in [1.165, 1.54) is 0 Å². The number of H-pyrrole nitrogens is 1. The highest BCUT2D eigenvalue weighted by Crippen LogP contribution is 2.18. The second kappa shape index (κ2) is 7.24. The number of hydrogen-bond donors (Lipinski definition) is 2. The molecule has 2 N–H and O–H groups in total. The summed E-state index contributed by atoms with van der Waals surface area (Å²) < 4.78 is 0. The molecule has 3 aromatic rings. The number of amides is 1. The van der Waals surface area contributed by atoms with Crippen molar-refractivity contribution in [1.82, 2.24) is 4.98 Å². The number of aryl methyl sites for hydroxylation is 3. The Hall–Kier alpha value is -3.39. The number of nitrogens with one attached hydrogen (secondary N) is 2. The molecule has 1 heterocycles. The maximum atomic E-state index is 12.3. The van der Waals surface area contributed by atoms with Crippen molar-refractivity contribution in [3.8, 4) is 6.07 Å². The Kier molecular flexibility index (Phi) is 4.85. The molecule has 0 unspecified atom stereocenters. The van der Waals surface area contributed by atoms with E-state index < -0.39 is 0 Å². The van der Waals surface area contributed by atoms with Crippen molar-refractivity contribution in [2.24, 2.45) is 0 Å². The summed E-state index contributed by atoms with van der Waals surface area (Å²) in [5, 5.41) is 12.6. The van der Waals surface area contributed by atoms with Gasteiger partial charge < -0.3 is 10.3 Å². The van der Waals surface area contributed by atoms with Crippen LogP contribution in [0.15, 0.2) is 47.3 Å². The van der Waals surface area contributed by atoms with Gasteiger partial charge in [0.15, 0.2) is 0 Å². The van der Waals surface area contributed by atoms with E-state index in [9.17, 15) is 9.59 Å². The summed E-state index contributed by atoms with van der Waals surface area (Å²) in [4.78, 5) is 27.4. The molecule has 5 nitrogen and oxygen atoms in total. The van der Waals surface area contributed by atoms with Crippen LogP contribution in [0.2, 0.25) is 0 Å². The van der Waals surface area contributed by atoms with E-state index in [2.05, 4.69) is 10.3 Å². The lowest BCUT2D eigenvalue weighted by atomic mass is 10.0. The van der Waals surface area contributed by atoms with Gasteiger partial charge in [0.1, 0.15) is 0 Å². The van der Waals surface area contributed by atoms with E-state index in [-0.39, 0.29) is 17.9 Å². The highest BCUT2D eigenvalue weighted by atomic mass is 16.1. The molecule has 1 aromatic heterocycles. The van der Waals surface area contributed by atoms with E-state index in [1.807, 2.05) is 38.1 Å². The van der Waals surface area contributed by atoms with Gasteiger partial charge in [-0.2, -0.15) is 5.26 Å². The summed E-state index contributed by atoms with van der Waals surface area (Å²) in [7, 11) is 0. The van der Waals surface area contributed by atoms with Gasteiger partial charge in [-0.25, -0.2) is 0 Å². The summed E-state index contributed by atoms with van der Waals surface area (Å²) in [5.74, 6) is -0.194. The van der Waals surface area contributed by atoms with E-state index in [4.69, 9.17) is 5.26 Å².